The lowest BCUT2D eigenvalue weighted by Gasteiger charge is -2.14. The van der Waals surface area contributed by atoms with E-state index in [2.05, 4.69) is 16.5 Å². The first-order valence-electron chi connectivity index (χ1n) is 14.1. The maximum absolute atomic E-state index is 13.7. The van der Waals surface area contributed by atoms with Crippen molar-refractivity contribution < 1.29 is 27.9 Å². The zero-order chi connectivity index (χ0) is 31.6. The minimum absolute atomic E-state index is 0.112. The molecule has 6 rings (SSSR count). The molecular weight excluding hydrogens is 579 g/mol. The maximum atomic E-state index is 13.7. The van der Waals surface area contributed by atoms with E-state index in [9.17, 15) is 22.8 Å². The molecule has 0 aliphatic carbocycles. The number of hydrogen-bond donors (Lipinski definition) is 2. The first kappa shape index (κ1) is 29.4. The topological polar surface area (TPSA) is 84.2 Å². The van der Waals surface area contributed by atoms with Crippen LogP contribution in [0.25, 0.3) is 33.2 Å². The van der Waals surface area contributed by atoms with Gasteiger partial charge in [-0.25, -0.2) is 4.79 Å². The summed E-state index contributed by atoms with van der Waals surface area (Å²) < 4.78 is 42.3. The summed E-state index contributed by atoms with van der Waals surface area (Å²) in [5.41, 5.74) is 4.61. The van der Waals surface area contributed by atoms with Crippen molar-refractivity contribution in [1.82, 2.24) is 15.1 Å². The fraction of sp³-hybridized carbons (Fsp3) is 0.0833. The van der Waals surface area contributed by atoms with Gasteiger partial charge >= 0.3 is 12.1 Å². The van der Waals surface area contributed by atoms with Crippen LogP contribution in [-0.2, 0) is 19.3 Å². The Labute approximate surface area is 256 Å². The summed E-state index contributed by atoms with van der Waals surface area (Å²) in [6.45, 7) is 0.464. The Bertz CT molecular complexity index is 2020. The van der Waals surface area contributed by atoms with Gasteiger partial charge in [-0.15, -0.1) is 0 Å². The molecule has 224 valence electrons. The van der Waals surface area contributed by atoms with E-state index in [-0.39, 0.29) is 17.7 Å². The molecule has 9 heteroatoms. The van der Waals surface area contributed by atoms with Crippen LogP contribution in [0.15, 0.2) is 121 Å². The lowest BCUT2D eigenvalue weighted by molar-refractivity contribution is -0.137. The number of aromatic nitrogens is 2. The van der Waals surface area contributed by atoms with Crippen LogP contribution in [0, 0.1) is 0 Å². The third-order valence-electron chi connectivity index (χ3n) is 7.52. The molecule has 0 bridgehead atoms. The van der Waals surface area contributed by atoms with Gasteiger partial charge in [-0.3, -0.25) is 9.48 Å². The van der Waals surface area contributed by atoms with Gasteiger partial charge in [0.05, 0.1) is 34.9 Å². The third kappa shape index (κ3) is 6.47. The molecule has 0 unspecified atom stereocenters. The highest BCUT2D eigenvalue weighted by Gasteiger charge is 2.30. The second-order valence-corrected chi connectivity index (χ2v) is 10.6. The summed E-state index contributed by atoms with van der Waals surface area (Å²) in [6, 6.07) is 32.4. The number of carboxylic acids is 1. The van der Waals surface area contributed by atoms with E-state index < -0.39 is 23.6 Å². The number of hydrogen-bond acceptors (Lipinski definition) is 3. The van der Waals surface area contributed by atoms with Crippen LogP contribution in [0.4, 0.5) is 13.2 Å². The molecule has 0 spiro atoms. The number of alkyl halides is 3. The molecule has 0 aliphatic heterocycles. The Kier molecular flexibility index (Phi) is 7.91. The van der Waals surface area contributed by atoms with Crippen molar-refractivity contribution in [3.05, 3.63) is 149 Å². The summed E-state index contributed by atoms with van der Waals surface area (Å²) in [7, 11) is 0. The molecule has 0 saturated carbocycles. The summed E-state index contributed by atoms with van der Waals surface area (Å²) in [5.74, 6) is -1.50. The average Bonchev–Trinajstić information content (AvgIpc) is 3.46. The lowest BCUT2D eigenvalue weighted by atomic mass is 9.98. The number of carbonyl (C=O) groups is 2. The fourth-order valence-corrected chi connectivity index (χ4v) is 5.26. The van der Waals surface area contributed by atoms with Crippen LogP contribution in [-0.4, -0.2) is 26.8 Å². The second-order valence-electron chi connectivity index (χ2n) is 10.6. The fourth-order valence-electron chi connectivity index (χ4n) is 5.26. The smallest absolute Gasteiger partial charge is 0.416 e. The van der Waals surface area contributed by atoms with E-state index in [4.69, 9.17) is 5.11 Å². The Balaban J connectivity index is 1.38. The Morgan fingerprint density at radius 2 is 1.42 bits per heavy atom. The van der Waals surface area contributed by atoms with Gasteiger partial charge < -0.3 is 10.4 Å². The first-order chi connectivity index (χ1) is 21.7. The van der Waals surface area contributed by atoms with E-state index >= 15 is 0 Å². The largest absolute Gasteiger partial charge is 0.478 e. The van der Waals surface area contributed by atoms with Gasteiger partial charge in [-0.1, -0.05) is 72.8 Å². The minimum Gasteiger partial charge on any atom is -0.478 e. The van der Waals surface area contributed by atoms with Crippen LogP contribution in [0.3, 0.4) is 0 Å². The number of nitrogens with zero attached hydrogens (tertiary/aromatic N) is 2. The van der Waals surface area contributed by atoms with Crippen molar-refractivity contribution in [2.24, 2.45) is 0 Å². The molecule has 1 aromatic heterocycles. The third-order valence-corrected chi connectivity index (χ3v) is 7.52. The number of amides is 1. The average molecular weight is 606 g/mol. The van der Waals surface area contributed by atoms with E-state index in [1.165, 1.54) is 18.2 Å². The second kappa shape index (κ2) is 12.1. The molecule has 1 heterocycles. The van der Waals surface area contributed by atoms with Gasteiger partial charge in [0.15, 0.2) is 0 Å². The summed E-state index contributed by atoms with van der Waals surface area (Å²) >= 11 is 0. The Morgan fingerprint density at radius 1 is 0.733 bits per heavy atom. The molecule has 0 saturated heterocycles. The lowest BCUT2D eigenvalue weighted by Crippen LogP contribution is -2.24. The molecular formula is C36H26F3N3O3. The molecule has 5 aromatic carbocycles. The van der Waals surface area contributed by atoms with Crippen molar-refractivity contribution in [3.8, 4) is 22.3 Å². The molecule has 45 heavy (non-hydrogen) atoms. The van der Waals surface area contributed by atoms with Gasteiger partial charge in [-0.2, -0.15) is 18.3 Å². The van der Waals surface area contributed by atoms with Crippen molar-refractivity contribution >= 4 is 22.8 Å². The number of halogens is 3. The number of aromatic carboxylic acids is 1. The van der Waals surface area contributed by atoms with E-state index in [1.54, 1.807) is 41.2 Å². The van der Waals surface area contributed by atoms with Gasteiger partial charge in [0, 0.05) is 11.9 Å². The SMILES string of the molecule is O=C(O)c1ccc(CNC(=O)c2cc(-c3cccc(C(F)(F)F)c3)cc3cnn(Cc4cccc(-c5ccccc5)c4)c23)cc1. The standard InChI is InChI=1S/C36H26F3N3O3/c37-36(38,39)31-11-5-10-28(18-31)29-17-30-21-41-42(22-24-6-4-9-27(16-24)25-7-2-1-3-8-25)33(30)32(19-29)34(43)40-20-23-12-14-26(15-13-23)35(44)45/h1-19,21H,20,22H2,(H,40,43)(H,44,45). The van der Waals surface area contributed by atoms with Crippen LogP contribution in [0.1, 0.15) is 37.4 Å². The molecule has 1 amide bonds. The van der Waals surface area contributed by atoms with Crippen molar-refractivity contribution in [3.63, 3.8) is 0 Å². The number of fused-ring (bicyclic) bond motifs is 1. The number of nitrogens with one attached hydrogen (secondary N) is 1. The predicted molar refractivity (Wildman–Crippen MR) is 166 cm³/mol. The molecule has 0 radical (unpaired) electrons. The highest BCUT2D eigenvalue weighted by molar-refractivity contribution is 6.07. The normalized spacial score (nSPS) is 11.4. The molecule has 0 atom stereocenters. The van der Waals surface area contributed by atoms with E-state index in [0.717, 1.165) is 28.8 Å². The molecule has 0 aliphatic rings. The molecule has 2 N–H and O–H groups in total. The van der Waals surface area contributed by atoms with Gasteiger partial charge in [-0.05, 0) is 75.8 Å². The summed E-state index contributed by atoms with van der Waals surface area (Å²) in [5, 5.41) is 17.2. The van der Waals surface area contributed by atoms with Crippen molar-refractivity contribution in [2.75, 3.05) is 0 Å². The highest BCUT2D eigenvalue weighted by Crippen LogP contribution is 2.34. The van der Waals surface area contributed by atoms with E-state index in [1.807, 2.05) is 48.5 Å². The number of carbonyl (C=O) groups excluding carboxylic acids is 1. The van der Waals surface area contributed by atoms with Gasteiger partial charge in [0.25, 0.3) is 5.91 Å². The van der Waals surface area contributed by atoms with Crippen LogP contribution in [0.5, 0.6) is 0 Å². The quantitative estimate of drug-likeness (QED) is 0.184. The molecule has 6 aromatic rings. The van der Waals surface area contributed by atoms with Crippen molar-refractivity contribution in [2.45, 2.75) is 19.3 Å². The number of rotatable bonds is 8. The zero-order valence-corrected chi connectivity index (χ0v) is 23.8. The maximum Gasteiger partial charge on any atom is 0.416 e. The minimum atomic E-state index is -4.52. The molecule has 6 nitrogen and oxygen atoms in total. The van der Waals surface area contributed by atoms with Crippen LogP contribution in [0.2, 0.25) is 0 Å². The molecule has 0 fully saturated rings. The highest BCUT2D eigenvalue weighted by atomic mass is 19.4. The summed E-state index contributed by atoms with van der Waals surface area (Å²) in [6.07, 6.45) is -2.91. The van der Waals surface area contributed by atoms with Crippen molar-refractivity contribution in [1.29, 1.82) is 0 Å². The predicted octanol–water partition coefficient (Wildman–Crippen LogP) is 8.07. The van der Waals surface area contributed by atoms with E-state index in [0.29, 0.717) is 34.1 Å². The summed E-state index contributed by atoms with van der Waals surface area (Å²) in [4.78, 5) is 24.9. The van der Waals surface area contributed by atoms with Gasteiger partial charge in [0.2, 0.25) is 0 Å². The first-order valence-corrected chi connectivity index (χ1v) is 14.1. The van der Waals surface area contributed by atoms with Crippen LogP contribution < -0.4 is 5.32 Å². The van der Waals surface area contributed by atoms with Gasteiger partial charge in [0.1, 0.15) is 0 Å². The Morgan fingerprint density at radius 3 is 2.13 bits per heavy atom. The number of benzene rings is 5. The monoisotopic (exact) mass is 605 g/mol. The number of carboxylic acid groups (broad SMARTS) is 1. The Hall–Kier alpha value is -5.70. The zero-order valence-electron chi connectivity index (χ0n) is 23.8. The van der Waals surface area contributed by atoms with Crippen LogP contribution >= 0.6 is 0 Å².